The molecule has 0 aliphatic heterocycles. The number of methoxy groups -OCH3 is 2. The molecule has 3 N–H and O–H groups in total. The largest absolute Gasteiger partial charge is 0.495 e. The van der Waals surface area contributed by atoms with Crippen molar-refractivity contribution in [1.82, 2.24) is 15.0 Å². The number of nitrogens with zero attached hydrogens (tertiary/aromatic N) is 4. The van der Waals surface area contributed by atoms with Crippen LogP contribution in [0.5, 0.6) is 11.5 Å². The summed E-state index contributed by atoms with van der Waals surface area (Å²) < 4.78 is 10.6. The second-order valence-corrected chi connectivity index (χ2v) is 9.04. The van der Waals surface area contributed by atoms with Crippen LogP contribution in [0.25, 0.3) is 0 Å². The summed E-state index contributed by atoms with van der Waals surface area (Å²) in [6.07, 6.45) is 5.74. The first-order chi connectivity index (χ1) is 19.8. The standard InChI is InChI=1S/C28H25Cl2N7O4/c1-4-24(38)35-19-10-6-5-9-18(19)34-22-13-23(33-16-32-22)37(15-17-8-7-11-31-14-17)28(39)36-27-25(29)20(40-2)12-21(41-3)26(27)30/h4-14,16H,1,15H2,2-3H3,(H,35,38)(H,36,39)(H,32,33,34). The molecule has 11 nitrogen and oxygen atoms in total. The Bertz CT molecular complexity index is 1540. The van der Waals surface area contributed by atoms with Gasteiger partial charge in [-0.15, -0.1) is 0 Å². The predicted octanol–water partition coefficient (Wildman–Crippen LogP) is 6.30. The molecular weight excluding hydrogens is 569 g/mol. The summed E-state index contributed by atoms with van der Waals surface area (Å²) in [6, 6.07) is 13.1. The van der Waals surface area contributed by atoms with E-state index < -0.39 is 6.03 Å². The molecule has 3 amide bonds. The van der Waals surface area contributed by atoms with Gasteiger partial charge in [-0.3, -0.25) is 14.7 Å². The van der Waals surface area contributed by atoms with E-state index in [0.29, 0.717) is 17.2 Å². The van der Waals surface area contributed by atoms with Crippen LogP contribution in [-0.4, -0.2) is 41.1 Å². The van der Waals surface area contributed by atoms with E-state index in [0.717, 1.165) is 5.56 Å². The molecule has 0 saturated carbocycles. The van der Waals surface area contributed by atoms with Gasteiger partial charge in [-0.1, -0.05) is 48.0 Å². The number of carbonyl (C=O) groups is 2. The molecule has 4 aromatic rings. The van der Waals surface area contributed by atoms with Gasteiger partial charge in [0, 0.05) is 24.5 Å². The molecule has 0 unspecified atom stereocenters. The van der Waals surface area contributed by atoms with Crippen LogP contribution in [-0.2, 0) is 11.3 Å². The van der Waals surface area contributed by atoms with Crippen LogP contribution in [0.2, 0.25) is 10.0 Å². The zero-order valence-electron chi connectivity index (χ0n) is 22.0. The molecule has 0 spiro atoms. The number of carbonyl (C=O) groups excluding carboxylic acids is 2. The summed E-state index contributed by atoms with van der Waals surface area (Å²) in [6.45, 7) is 3.58. The molecule has 2 aromatic heterocycles. The number of halogens is 2. The first-order valence-corrected chi connectivity index (χ1v) is 12.8. The number of para-hydroxylation sites is 2. The van der Waals surface area contributed by atoms with Gasteiger partial charge >= 0.3 is 6.03 Å². The molecular formula is C28H25Cl2N7O4. The SMILES string of the molecule is C=CC(=O)Nc1ccccc1Nc1cc(N(Cc2cccnc2)C(=O)Nc2c(Cl)c(OC)cc(OC)c2Cl)ncn1. The molecule has 4 rings (SSSR count). The molecule has 41 heavy (non-hydrogen) atoms. The van der Waals surface area contributed by atoms with Crippen LogP contribution < -0.4 is 30.3 Å². The average molecular weight is 594 g/mol. The molecule has 0 saturated heterocycles. The first-order valence-electron chi connectivity index (χ1n) is 12.0. The van der Waals surface area contributed by atoms with Gasteiger partial charge in [0.25, 0.3) is 0 Å². The van der Waals surface area contributed by atoms with Gasteiger partial charge in [-0.2, -0.15) is 0 Å². The Morgan fingerprint density at radius 1 is 0.976 bits per heavy atom. The van der Waals surface area contributed by atoms with Crippen molar-refractivity contribution in [3.05, 3.63) is 95.5 Å². The lowest BCUT2D eigenvalue weighted by Gasteiger charge is -2.24. The Morgan fingerprint density at radius 3 is 2.32 bits per heavy atom. The molecule has 0 fully saturated rings. The second kappa shape index (κ2) is 13.5. The lowest BCUT2D eigenvalue weighted by molar-refractivity contribution is -0.111. The van der Waals surface area contributed by atoms with E-state index in [4.69, 9.17) is 32.7 Å². The van der Waals surface area contributed by atoms with Crippen molar-refractivity contribution < 1.29 is 19.1 Å². The molecule has 2 aromatic carbocycles. The van der Waals surface area contributed by atoms with Gasteiger partial charge in [0.1, 0.15) is 39.5 Å². The summed E-state index contributed by atoms with van der Waals surface area (Å²) in [5.41, 5.74) is 1.91. The Kier molecular flexibility index (Phi) is 9.56. The van der Waals surface area contributed by atoms with Gasteiger partial charge in [0.05, 0.1) is 37.8 Å². The third-order valence-corrected chi connectivity index (χ3v) is 6.43. The molecule has 0 atom stereocenters. The quantitative estimate of drug-likeness (QED) is 0.182. The fourth-order valence-electron chi connectivity index (χ4n) is 3.69. The average Bonchev–Trinajstić information content (AvgIpc) is 2.99. The lowest BCUT2D eigenvalue weighted by Crippen LogP contribution is -2.35. The summed E-state index contributed by atoms with van der Waals surface area (Å²) in [7, 11) is 2.87. The third kappa shape index (κ3) is 7.02. The Labute approximate surface area is 246 Å². The fourth-order valence-corrected chi connectivity index (χ4v) is 4.28. The van der Waals surface area contributed by atoms with E-state index in [-0.39, 0.29) is 45.5 Å². The molecule has 0 aliphatic carbocycles. The van der Waals surface area contributed by atoms with E-state index >= 15 is 0 Å². The van der Waals surface area contributed by atoms with Gasteiger partial charge in [0.15, 0.2) is 0 Å². The van der Waals surface area contributed by atoms with Crippen LogP contribution in [0.1, 0.15) is 5.56 Å². The van der Waals surface area contributed by atoms with Crippen molar-refractivity contribution in [2.75, 3.05) is 35.1 Å². The minimum absolute atomic E-state index is 0.0937. The molecule has 0 radical (unpaired) electrons. The number of hydrogen-bond donors (Lipinski definition) is 3. The van der Waals surface area contributed by atoms with Crippen molar-refractivity contribution >= 4 is 63.8 Å². The molecule has 0 aliphatic rings. The number of nitrogens with one attached hydrogen (secondary N) is 3. The Morgan fingerprint density at radius 2 is 1.68 bits per heavy atom. The summed E-state index contributed by atoms with van der Waals surface area (Å²) in [4.78, 5) is 39.8. The Balaban J connectivity index is 1.69. The van der Waals surface area contributed by atoms with Crippen molar-refractivity contribution in [2.45, 2.75) is 6.54 Å². The number of aromatic nitrogens is 3. The highest BCUT2D eigenvalue weighted by Gasteiger charge is 2.24. The van der Waals surface area contributed by atoms with Gasteiger partial charge < -0.3 is 25.4 Å². The number of anilines is 5. The molecule has 210 valence electrons. The van der Waals surface area contributed by atoms with E-state index in [1.165, 1.54) is 37.6 Å². The maximum Gasteiger partial charge on any atom is 0.327 e. The number of pyridine rings is 1. The number of rotatable bonds is 10. The second-order valence-electron chi connectivity index (χ2n) is 8.29. The van der Waals surface area contributed by atoms with Crippen molar-refractivity contribution in [1.29, 1.82) is 0 Å². The van der Waals surface area contributed by atoms with E-state index in [9.17, 15) is 9.59 Å². The zero-order valence-corrected chi connectivity index (χ0v) is 23.5. The van der Waals surface area contributed by atoms with Crippen molar-refractivity contribution in [3.63, 3.8) is 0 Å². The van der Waals surface area contributed by atoms with Crippen LogP contribution in [0.4, 0.5) is 33.5 Å². The smallest absolute Gasteiger partial charge is 0.327 e. The monoisotopic (exact) mass is 593 g/mol. The minimum Gasteiger partial charge on any atom is -0.495 e. The highest BCUT2D eigenvalue weighted by atomic mass is 35.5. The van der Waals surface area contributed by atoms with Crippen molar-refractivity contribution in [3.8, 4) is 11.5 Å². The number of benzene rings is 2. The van der Waals surface area contributed by atoms with Crippen LogP contribution >= 0.6 is 23.2 Å². The number of hydrogen-bond acceptors (Lipinski definition) is 8. The zero-order chi connectivity index (χ0) is 29.4. The highest BCUT2D eigenvalue weighted by molar-refractivity contribution is 6.41. The summed E-state index contributed by atoms with van der Waals surface area (Å²) in [5.74, 6) is 0.765. The minimum atomic E-state index is -0.601. The fraction of sp³-hybridized carbons (Fsp3) is 0.107. The topological polar surface area (TPSA) is 131 Å². The first kappa shape index (κ1) is 29.1. The summed E-state index contributed by atoms with van der Waals surface area (Å²) >= 11 is 13.0. The number of urea groups is 1. The molecule has 2 heterocycles. The molecule has 13 heteroatoms. The van der Waals surface area contributed by atoms with Crippen LogP contribution in [0.15, 0.2) is 79.9 Å². The molecule has 0 bridgehead atoms. The maximum atomic E-state index is 13.8. The van der Waals surface area contributed by atoms with Crippen molar-refractivity contribution in [2.24, 2.45) is 0 Å². The predicted molar refractivity (Wildman–Crippen MR) is 160 cm³/mol. The Hall–Kier alpha value is -4.87. The van der Waals surface area contributed by atoms with Gasteiger partial charge in [-0.05, 0) is 29.8 Å². The van der Waals surface area contributed by atoms with Gasteiger partial charge in [-0.25, -0.2) is 14.8 Å². The van der Waals surface area contributed by atoms with Crippen LogP contribution in [0.3, 0.4) is 0 Å². The number of amides is 3. The highest BCUT2D eigenvalue weighted by Crippen LogP contribution is 2.44. The van der Waals surface area contributed by atoms with E-state index in [1.807, 2.05) is 6.07 Å². The number of ether oxygens (including phenoxy) is 2. The summed E-state index contributed by atoms with van der Waals surface area (Å²) in [5, 5.41) is 8.83. The van der Waals surface area contributed by atoms with E-state index in [1.54, 1.807) is 48.8 Å². The maximum absolute atomic E-state index is 13.8. The van der Waals surface area contributed by atoms with Crippen LogP contribution in [0, 0.1) is 0 Å². The van der Waals surface area contributed by atoms with E-state index in [2.05, 4.69) is 37.5 Å². The van der Waals surface area contributed by atoms with Gasteiger partial charge in [0.2, 0.25) is 5.91 Å². The third-order valence-electron chi connectivity index (χ3n) is 5.68. The normalized spacial score (nSPS) is 10.3. The lowest BCUT2D eigenvalue weighted by atomic mass is 10.2.